The molecule has 0 heterocycles. The van der Waals surface area contributed by atoms with Gasteiger partial charge in [-0.15, -0.1) is 0 Å². The van der Waals surface area contributed by atoms with Gasteiger partial charge < -0.3 is 10.0 Å². The molecule has 0 amide bonds. The highest BCUT2D eigenvalue weighted by atomic mass is 32.2. The first-order valence-electron chi connectivity index (χ1n) is 6.54. The van der Waals surface area contributed by atoms with E-state index in [9.17, 15) is 13.2 Å². The van der Waals surface area contributed by atoms with Gasteiger partial charge in [-0.3, -0.25) is 4.79 Å². The molecule has 1 aromatic rings. The molecule has 0 bridgehead atoms. The molecule has 1 rings (SSSR count). The van der Waals surface area contributed by atoms with Crippen LogP contribution in [-0.4, -0.2) is 38.8 Å². The third kappa shape index (κ3) is 4.23. The zero-order valence-corrected chi connectivity index (χ0v) is 12.9. The van der Waals surface area contributed by atoms with Crippen molar-refractivity contribution in [2.45, 2.75) is 25.2 Å². The Kier molecular flexibility index (Phi) is 5.56. The van der Waals surface area contributed by atoms with Crippen molar-refractivity contribution < 1.29 is 18.3 Å². The molecule has 0 aliphatic rings. The van der Waals surface area contributed by atoms with Crippen molar-refractivity contribution in [3.8, 4) is 0 Å². The Morgan fingerprint density at radius 2 is 1.85 bits per heavy atom. The number of hydrogen-bond donors (Lipinski definition) is 1. The van der Waals surface area contributed by atoms with E-state index in [2.05, 4.69) is 0 Å². The third-order valence-corrected chi connectivity index (χ3v) is 5.01. The van der Waals surface area contributed by atoms with Gasteiger partial charge in [-0.25, -0.2) is 8.42 Å². The smallest absolute Gasteiger partial charge is 0.308 e. The molecule has 1 atom stereocenters. The highest BCUT2D eigenvalue weighted by molar-refractivity contribution is 7.91. The molecule has 112 valence electrons. The average molecular weight is 299 g/mol. The maximum atomic E-state index is 11.9. The second kappa shape index (κ2) is 6.74. The first-order chi connectivity index (χ1) is 9.27. The van der Waals surface area contributed by atoms with Crippen LogP contribution in [0, 0.1) is 5.92 Å². The second-order valence-corrected chi connectivity index (χ2v) is 7.04. The maximum absolute atomic E-state index is 11.9. The molecule has 0 radical (unpaired) electrons. The molecule has 0 aliphatic carbocycles. The van der Waals surface area contributed by atoms with E-state index in [0.29, 0.717) is 17.9 Å². The number of carboxylic acid groups (broad SMARTS) is 1. The average Bonchev–Trinajstić information content (AvgIpc) is 2.38. The van der Waals surface area contributed by atoms with Gasteiger partial charge in [-0.1, -0.05) is 13.8 Å². The maximum Gasteiger partial charge on any atom is 0.308 e. The van der Waals surface area contributed by atoms with Crippen molar-refractivity contribution in [1.29, 1.82) is 0 Å². The fourth-order valence-electron chi connectivity index (χ4n) is 1.89. The predicted molar refractivity (Wildman–Crippen MR) is 78.9 cm³/mol. The number of rotatable bonds is 7. The van der Waals surface area contributed by atoms with Gasteiger partial charge in [0.05, 0.1) is 16.6 Å². The van der Waals surface area contributed by atoms with Crippen molar-refractivity contribution in [2.24, 2.45) is 5.92 Å². The Labute approximate surface area is 120 Å². The third-order valence-electron chi connectivity index (χ3n) is 3.08. The van der Waals surface area contributed by atoms with Gasteiger partial charge in [-0.05, 0) is 30.7 Å². The summed E-state index contributed by atoms with van der Waals surface area (Å²) in [6.45, 7) is 3.84. The molecule has 6 heteroatoms. The molecule has 0 aromatic heterocycles. The summed E-state index contributed by atoms with van der Waals surface area (Å²) in [4.78, 5) is 12.9. The Hall–Kier alpha value is -1.56. The summed E-state index contributed by atoms with van der Waals surface area (Å²) in [5, 5.41) is 8.88. The van der Waals surface area contributed by atoms with Gasteiger partial charge in [0.1, 0.15) is 0 Å². The van der Waals surface area contributed by atoms with Crippen LogP contribution in [0.4, 0.5) is 5.69 Å². The second-order valence-electron chi connectivity index (χ2n) is 4.93. The van der Waals surface area contributed by atoms with Crippen molar-refractivity contribution in [3.05, 3.63) is 24.3 Å². The van der Waals surface area contributed by atoms with Crippen molar-refractivity contribution in [2.75, 3.05) is 24.2 Å². The van der Waals surface area contributed by atoms with Crippen LogP contribution < -0.4 is 4.90 Å². The fraction of sp³-hybridized carbons (Fsp3) is 0.500. The van der Waals surface area contributed by atoms with Crippen LogP contribution in [0.5, 0.6) is 0 Å². The Morgan fingerprint density at radius 3 is 2.30 bits per heavy atom. The van der Waals surface area contributed by atoms with E-state index in [1.165, 1.54) is 0 Å². The van der Waals surface area contributed by atoms with Crippen LogP contribution in [0.3, 0.4) is 0 Å². The Balaban J connectivity index is 2.84. The van der Waals surface area contributed by atoms with Gasteiger partial charge in [0, 0.05) is 19.3 Å². The number of aliphatic carboxylic acids is 1. The zero-order valence-electron chi connectivity index (χ0n) is 12.0. The quantitative estimate of drug-likeness (QED) is 0.834. The molecule has 1 unspecified atom stereocenters. The normalized spacial score (nSPS) is 12.9. The minimum atomic E-state index is -3.20. The van der Waals surface area contributed by atoms with Crippen LogP contribution in [0.2, 0.25) is 0 Å². The minimum Gasteiger partial charge on any atom is -0.481 e. The molecular formula is C14H21NO4S. The number of hydrogen-bond acceptors (Lipinski definition) is 4. The van der Waals surface area contributed by atoms with Crippen molar-refractivity contribution in [1.82, 2.24) is 0 Å². The highest BCUT2D eigenvalue weighted by Crippen LogP contribution is 2.19. The van der Waals surface area contributed by atoms with Crippen LogP contribution >= 0.6 is 0 Å². The Bertz CT molecular complexity index is 551. The molecule has 0 spiro atoms. The summed E-state index contributed by atoms with van der Waals surface area (Å²) >= 11 is 0. The van der Waals surface area contributed by atoms with E-state index >= 15 is 0 Å². The van der Waals surface area contributed by atoms with Gasteiger partial charge in [0.2, 0.25) is 0 Å². The van der Waals surface area contributed by atoms with E-state index in [1.54, 1.807) is 43.1 Å². The number of carbonyl (C=O) groups is 1. The first kappa shape index (κ1) is 16.5. The van der Waals surface area contributed by atoms with Gasteiger partial charge in [0.15, 0.2) is 9.84 Å². The zero-order chi connectivity index (χ0) is 15.3. The minimum absolute atomic E-state index is 0.137. The van der Waals surface area contributed by atoms with E-state index in [-0.39, 0.29) is 5.75 Å². The lowest BCUT2D eigenvalue weighted by atomic mass is 10.1. The molecule has 5 nitrogen and oxygen atoms in total. The number of benzene rings is 1. The lowest BCUT2D eigenvalue weighted by molar-refractivity contribution is -0.140. The lowest BCUT2D eigenvalue weighted by Gasteiger charge is -2.21. The van der Waals surface area contributed by atoms with E-state index in [1.807, 2.05) is 6.92 Å². The van der Waals surface area contributed by atoms with E-state index in [0.717, 1.165) is 5.69 Å². The number of anilines is 1. The predicted octanol–water partition coefficient (Wildman–Crippen LogP) is 2.03. The largest absolute Gasteiger partial charge is 0.481 e. The molecule has 0 saturated heterocycles. The van der Waals surface area contributed by atoms with Gasteiger partial charge in [0.25, 0.3) is 0 Å². The first-order valence-corrected chi connectivity index (χ1v) is 8.20. The monoisotopic (exact) mass is 299 g/mol. The topological polar surface area (TPSA) is 74.7 Å². The number of sulfone groups is 1. The summed E-state index contributed by atoms with van der Waals surface area (Å²) in [5.74, 6) is -1.19. The SMILES string of the molecule is CCCS(=O)(=O)c1ccc(N(C)CC(C)C(=O)O)cc1. The van der Waals surface area contributed by atoms with Gasteiger partial charge >= 0.3 is 5.97 Å². The van der Waals surface area contributed by atoms with Crippen LogP contribution in [0.1, 0.15) is 20.3 Å². The van der Waals surface area contributed by atoms with Crippen molar-refractivity contribution >= 4 is 21.5 Å². The van der Waals surface area contributed by atoms with Crippen LogP contribution in [-0.2, 0) is 14.6 Å². The summed E-state index contributed by atoms with van der Waals surface area (Å²) in [7, 11) is -1.42. The van der Waals surface area contributed by atoms with Crippen LogP contribution in [0.25, 0.3) is 0 Å². The molecule has 1 aromatic carbocycles. The standard InChI is InChI=1S/C14H21NO4S/c1-4-9-20(18,19)13-7-5-12(6-8-13)15(3)10-11(2)14(16)17/h5-8,11H,4,9-10H2,1-3H3,(H,16,17). The fourth-order valence-corrected chi connectivity index (χ4v) is 3.21. The van der Waals surface area contributed by atoms with Gasteiger partial charge in [-0.2, -0.15) is 0 Å². The Morgan fingerprint density at radius 1 is 1.30 bits per heavy atom. The summed E-state index contributed by atoms with van der Waals surface area (Å²) in [5.41, 5.74) is 0.800. The highest BCUT2D eigenvalue weighted by Gasteiger charge is 2.16. The number of nitrogens with zero attached hydrogens (tertiary/aromatic N) is 1. The van der Waals surface area contributed by atoms with Crippen molar-refractivity contribution in [3.63, 3.8) is 0 Å². The van der Waals surface area contributed by atoms with E-state index in [4.69, 9.17) is 5.11 Å². The van der Waals surface area contributed by atoms with Crippen LogP contribution in [0.15, 0.2) is 29.2 Å². The molecule has 0 fully saturated rings. The summed E-state index contributed by atoms with van der Waals surface area (Å²) in [6, 6.07) is 6.55. The molecule has 20 heavy (non-hydrogen) atoms. The molecule has 0 aliphatic heterocycles. The summed E-state index contributed by atoms with van der Waals surface area (Å²) in [6.07, 6.45) is 0.583. The van der Waals surface area contributed by atoms with E-state index < -0.39 is 21.7 Å². The molecule has 0 saturated carbocycles. The number of carboxylic acids is 1. The summed E-state index contributed by atoms with van der Waals surface area (Å²) < 4.78 is 23.8. The molecular weight excluding hydrogens is 278 g/mol. The lowest BCUT2D eigenvalue weighted by Crippen LogP contribution is -2.28. The molecule has 1 N–H and O–H groups in total.